The highest BCUT2D eigenvalue weighted by atomic mass is 35.5. The second-order valence-corrected chi connectivity index (χ2v) is 12.7. The van der Waals surface area contributed by atoms with E-state index in [1.54, 1.807) is 80.6 Å². The van der Waals surface area contributed by atoms with Gasteiger partial charge in [-0.2, -0.15) is 0 Å². The van der Waals surface area contributed by atoms with Crippen LogP contribution in [0.5, 0.6) is 11.5 Å². The van der Waals surface area contributed by atoms with Gasteiger partial charge in [0.1, 0.15) is 24.1 Å². The van der Waals surface area contributed by atoms with Gasteiger partial charge < -0.3 is 15.0 Å². The molecule has 1 atom stereocenters. The van der Waals surface area contributed by atoms with E-state index in [-0.39, 0.29) is 17.1 Å². The van der Waals surface area contributed by atoms with Crippen LogP contribution < -0.4 is 14.4 Å². The van der Waals surface area contributed by atoms with Crippen molar-refractivity contribution in [2.24, 2.45) is 0 Å². The molecule has 0 aliphatic heterocycles. The molecule has 230 valence electrons. The Morgan fingerprint density at radius 3 is 2.02 bits per heavy atom. The van der Waals surface area contributed by atoms with Gasteiger partial charge in [-0.3, -0.25) is 13.9 Å². The quantitative estimate of drug-likeness (QED) is 0.181. The van der Waals surface area contributed by atoms with Crippen LogP contribution in [0, 0.1) is 6.92 Å². The normalized spacial score (nSPS) is 11.8. The summed E-state index contributed by atoms with van der Waals surface area (Å²) in [5.41, 5.74) is 1.56. The molecule has 8 nitrogen and oxygen atoms in total. The van der Waals surface area contributed by atoms with Gasteiger partial charge in [0.05, 0.1) is 10.6 Å². The van der Waals surface area contributed by atoms with Crippen molar-refractivity contribution in [2.75, 3.05) is 17.4 Å². The predicted molar refractivity (Wildman–Crippen MR) is 174 cm³/mol. The second-order valence-electron chi connectivity index (χ2n) is 10.0. The maximum absolute atomic E-state index is 14.1. The van der Waals surface area contributed by atoms with Gasteiger partial charge in [-0.1, -0.05) is 65.2 Å². The highest BCUT2D eigenvalue weighted by molar-refractivity contribution is 7.92. The number of hydrogen-bond acceptors (Lipinski definition) is 5. The Balaban J connectivity index is 1.73. The van der Waals surface area contributed by atoms with Crippen LogP contribution in [0.3, 0.4) is 0 Å². The number of para-hydroxylation sites is 1. The van der Waals surface area contributed by atoms with Gasteiger partial charge >= 0.3 is 0 Å². The maximum Gasteiger partial charge on any atom is 0.264 e. The number of benzene rings is 4. The van der Waals surface area contributed by atoms with Crippen molar-refractivity contribution in [3.8, 4) is 11.5 Å². The minimum absolute atomic E-state index is 0.0120. The van der Waals surface area contributed by atoms with Crippen molar-refractivity contribution >= 4 is 50.7 Å². The Kier molecular flexibility index (Phi) is 10.9. The van der Waals surface area contributed by atoms with Crippen molar-refractivity contribution < 1.29 is 22.7 Å². The molecule has 0 aliphatic carbocycles. The lowest BCUT2D eigenvalue weighted by molar-refractivity contribution is -0.139. The molecule has 11 heteroatoms. The maximum atomic E-state index is 14.1. The molecule has 0 radical (unpaired) electrons. The molecule has 0 saturated carbocycles. The van der Waals surface area contributed by atoms with Crippen LogP contribution in [-0.4, -0.2) is 44.3 Å². The summed E-state index contributed by atoms with van der Waals surface area (Å²) in [6.45, 7) is 4.83. The Labute approximate surface area is 268 Å². The number of anilines is 1. The molecule has 0 fully saturated rings. The molecule has 0 bridgehead atoms. The van der Waals surface area contributed by atoms with E-state index in [4.69, 9.17) is 27.9 Å². The molecule has 1 unspecified atom stereocenters. The molecule has 1 N–H and O–H groups in total. The van der Waals surface area contributed by atoms with Gasteiger partial charge in [0, 0.05) is 28.7 Å². The third-order valence-electron chi connectivity index (χ3n) is 6.90. The van der Waals surface area contributed by atoms with Gasteiger partial charge in [-0.15, -0.1) is 0 Å². The molecule has 2 amide bonds. The predicted octanol–water partition coefficient (Wildman–Crippen LogP) is 6.84. The number of halogens is 2. The van der Waals surface area contributed by atoms with Crippen LogP contribution in [0.4, 0.5) is 5.69 Å². The zero-order valence-electron chi connectivity index (χ0n) is 24.5. The fourth-order valence-corrected chi connectivity index (χ4v) is 6.36. The number of carbonyl (C=O) groups excluding carboxylic acids is 2. The van der Waals surface area contributed by atoms with Gasteiger partial charge in [-0.25, -0.2) is 8.42 Å². The molecule has 0 spiro atoms. The molecule has 0 aliphatic rings. The number of sulfonamides is 1. The Hall–Kier alpha value is -4.05. The van der Waals surface area contributed by atoms with E-state index in [1.807, 2.05) is 25.1 Å². The number of hydrogen-bond donors (Lipinski definition) is 1. The fraction of sp³-hybridized carbons (Fsp3) is 0.212. The third kappa shape index (κ3) is 7.91. The van der Waals surface area contributed by atoms with Crippen LogP contribution in [-0.2, 0) is 26.2 Å². The third-order valence-corrected chi connectivity index (χ3v) is 9.40. The lowest BCUT2D eigenvalue weighted by atomic mass is 10.1. The number of aryl methyl sites for hydroxylation is 1. The summed E-state index contributed by atoms with van der Waals surface area (Å²) in [5, 5.41) is 3.36. The van der Waals surface area contributed by atoms with Crippen LogP contribution in [0.2, 0.25) is 10.0 Å². The smallest absolute Gasteiger partial charge is 0.264 e. The molecule has 4 aromatic rings. The number of rotatable bonds is 12. The van der Waals surface area contributed by atoms with E-state index in [1.165, 1.54) is 17.0 Å². The number of nitrogens with zero attached hydrogens (tertiary/aromatic N) is 2. The SMILES string of the molecule is CCNC(=O)C(C)N(Cc1c(Cl)cccc1Cl)C(=O)CN(c1ccc(Oc2ccccc2)cc1)S(=O)(=O)c1ccc(C)cc1. The molecular formula is C33H33Cl2N3O5S. The van der Waals surface area contributed by atoms with E-state index >= 15 is 0 Å². The lowest BCUT2D eigenvalue weighted by Crippen LogP contribution is -2.51. The second kappa shape index (κ2) is 14.6. The monoisotopic (exact) mass is 653 g/mol. The number of ether oxygens (including phenoxy) is 1. The first-order valence-corrected chi connectivity index (χ1v) is 16.1. The van der Waals surface area contributed by atoms with E-state index < -0.39 is 34.4 Å². The minimum atomic E-state index is -4.22. The zero-order valence-corrected chi connectivity index (χ0v) is 26.9. The van der Waals surface area contributed by atoms with Gasteiger partial charge in [-0.05, 0) is 81.4 Å². The van der Waals surface area contributed by atoms with Crippen molar-refractivity contribution in [1.29, 1.82) is 0 Å². The molecule has 4 aromatic carbocycles. The number of carbonyl (C=O) groups is 2. The highest BCUT2D eigenvalue weighted by Crippen LogP contribution is 2.30. The van der Waals surface area contributed by atoms with E-state index in [0.717, 1.165) is 9.87 Å². The number of nitrogens with one attached hydrogen (secondary N) is 1. The van der Waals surface area contributed by atoms with E-state index in [2.05, 4.69) is 5.32 Å². The first kappa shape index (κ1) is 32.9. The molecule has 0 heterocycles. The van der Waals surface area contributed by atoms with Crippen molar-refractivity contribution in [3.63, 3.8) is 0 Å². The Bertz CT molecular complexity index is 1680. The van der Waals surface area contributed by atoms with Gasteiger partial charge in [0.25, 0.3) is 10.0 Å². The number of amides is 2. The topological polar surface area (TPSA) is 96.0 Å². The summed E-state index contributed by atoms with van der Waals surface area (Å²) in [5.74, 6) is 0.0750. The summed E-state index contributed by atoms with van der Waals surface area (Å²) >= 11 is 12.8. The van der Waals surface area contributed by atoms with Crippen LogP contribution in [0.15, 0.2) is 102 Å². The average molecular weight is 655 g/mol. The van der Waals surface area contributed by atoms with Crippen LogP contribution >= 0.6 is 23.2 Å². The molecule has 0 saturated heterocycles. The van der Waals surface area contributed by atoms with E-state index in [9.17, 15) is 18.0 Å². The van der Waals surface area contributed by atoms with Crippen molar-refractivity contribution in [1.82, 2.24) is 10.2 Å². The summed E-state index contributed by atoms with van der Waals surface area (Å²) in [4.78, 5) is 28.3. The summed E-state index contributed by atoms with van der Waals surface area (Å²) in [6.07, 6.45) is 0. The largest absolute Gasteiger partial charge is 0.457 e. The summed E-state index contributed by atoms with van der Waals surface area (Å²) in [6, 6.07) is 25.9. The Morgan fingerprint density at radius 1 is 0.841 bits per heavy atom. The molecule has 4 rings (SSSR count). The summed E-state index contributed by atoms with van der Waals surface area (Å²) < 4.78 is 35.0. The van der Waals surface area contributed by atoms with Crippen molar-refractivity contribution in [2.45, 2.75) is 38.3 Å². The molecule has 44 heavy (non-hydrogen) atoms. The molecular weight excluding hydrogens is 621 g/mol. The number of likely N-dealkylation sites (N-methyl/N-ethyl adjacent to an activating group) is 1. The lowest BCUT2D eigenvalue weighted by Gasteiger charge is -2.32. The van der Waals surface area contributed by atoms with E-state index in [0.29, 0.717) is 33.7 Å². The van der Waals surface area contributed by atoms with Gasteiger partial charge in [0.2, 0.25) is 11.8 Å². The average Bonchev–Trinajstić information content (AvgIpc) is 3.00. The van der Waals surface area contributed by atoms with Gasteiger partial charge in [0.15, 0.2) is 0 Å². The first-order chi connectivity index (χ1) is 21.0. The highest BCUT2D eigenvalue weighted by Gasteiger charge is 2.33. The first-order valence-electron chi connectivity index (χ1n) is 13.9. The zero-order chi connectivity index (χ0) is 31.9. The van der Waals surface area contributed by atoms with Crippen LogP contribution in [0.1, 0.15) is 25.0 Å². The van der Waals surface area contributed by atoms with Crippen LogP contribution in [0.25, 0.3) is 0 Å². The summed E-state index contributed by atoms with van der Waals surface area (Å²) in [7, 11) is -4.22. The fourth-order valence-electron chi connectivity index (χ4n) is 4.43. The standard InChI is InChI=1S/C33H33Cl2N3O5S/c1-4-36-33(40)24(3)37(21-29-30(34)11-8-12-31(29)35)32(39)22-38(44(41,42)28-19-13-23(2)14-20-28)25-15-17-27(18-16-25)43-26-9-6-5-7-10-26/h5-20,24H,4,21-22H2,1-3H3,(H,36,40). The molecule has 0 aromatic heterocycles. The Morgan fingerprint density at radius 2 is 1.43 bits per heavy atom. The van der Waals surface area contributed by atoms with Crippen molar-refractivity contribution in [3.05, 3.63) is 118 Å². The minimum Gasteiger partial charge on any atom is -0.457 e.